The van der Waals surface area contributed by atoms with Crippen molar-refractivity contribution in [2.75, 3.05) is 0 Å². The van der Waals surface area contributed by atoms with Crippen LogP contribution in [0.1, 0.15) is 46.5 Å². The van der Waals surface area contributed by atoms with Crippen LogP contribution in [0.4, 0.5) is 0 Å². The molecule has 0 saturated heterocycles. The van der Waals surface area contributed by atoms with Crippen LogP contribution in [-0.2, 0) is 9.22 Å². The second-order valence-electron chi connectivity index (χ2n) is 9.76. The van der Waals surface area contributed by atoms with E-state index >= 15 is 0 Å². The minimum Gasteiger partial charge on any atom is -0.414 e. The van der Waals surface area contributed by atoms with Crippen molar-refractivity contribution in [3.05, 3.63) is 12.2 Å². The molecule has 2 nitrogen and oxygen atoms in total. The van der Waals surface area contributed by atoms with Gasteiger partial charge in [0.2, 0.25) is 0 Å². The zero-order valence-electron chi connectivity index (χ0n) is 14.7. The highest BCUT2D eigenvalue weighted by molar-refractivity contribution is 6.74. The highest BCUT2D eigenvalue weighted by Gasteiger charge is 2.67. The molecule has 3 heteroatoms. The molecule has 4 rings (SSSR count). The van der Waals surface area contributed by atoms with Gasteiger partial charge in [0.25, 0.3) is 0 Å². The number of hydrogen-bond donors (Lipinski definition) is 0. The molecule has 3 saturated carbocycles. The van der Waals surface area contributed by atoms with E-state index in [-0.39, 0.29) is 16.9 Å². The lowest BCUT2D eigenvalue weighted by Gasteiger charge is -2.49. The van der Waals surface area contributed by atoms with Gasteiger partial charge in [0, 0.05) is 17.9 Å². The highest BCUT2D eigenvalue weighted by atomic mass is 28.4. The summed E-state index contributed by atoms with van der Waals surface area (Å²) in [5, 5.41) is 0.249. The van der Waals surface area contributed by atoms with Crippen LogP contribution in [0.15, 0.2) is 12.2 Å². The summed E-state index contributed by atoms with van der Waals surface area (Å²) >= 11 is 0. The fraction of sp³-hybridized carbons (Fsp3) is 0.842. The minimum atomic E-state index is -1.74. The minimum absolute atomic E-state index is 0.249. The first-order chi connectivity index (χ1) is 10.2. The van der Waals surface area contributed by atoms with Crippen LogP contribution >= 0.6 is 0 Å². The molecule has 22 heavy (non-hydrogen) atoms. The summed E-state index contributed by atoms with van der Waals surface area (Å²) in [7, 11) is -1.74. The van der Waals surface area contributed by atoms with Crippen molar-refractivity contribution in [1.29, 1.82) is 0 Å². The molecule has 1 spiro atoms. The van der Waals surface area contributed by atoms with Crippen LogP contribution < -0.4 is 0 Å². The molecule has 4 aliphatic rings. The largest absolute Gasteiger partial charge is 0.414 e. The molecule has 1 unspecified atom stereocenters. The number of carbonyl (C=O) groups excluding carboxylic acids is 1. The molecule has 4 bridgehead atoms. The molecule has 0 N–H and O–H groups in total. The molecule has 0 heterocycles. The van der Waals surface area contributed by atoms with Crippen molar-refractivity contribution in [2.24, 2.45) is 29.1 Å². The predicted molar refractivity (Wildman–Crippen MR) is 91.1 cm³/mol. The Balaban J connectivity index is 1.56. The topological polar surface area (TPSA) is 26.3 Å². The summed E-state index contributed by atoms with van der Waals surface area (Å²) < 4.78 is 6.70. The van der Waals surface area contributed by atoms with E-state index < -0.39 is 8.32 Å². The van der Waals surface area contributed by atoms with E-state index in [9.17, 15) is 4.79 Å². The van der Waals surface area contributed by atoms with Crippen LogP contribution in [0.3, 0.4) is 0 Å². The molecule has 0 aromatic rings. The second-order valence-corrected chi connectivity index (χ2v) is 14.5. The van der Waals surface area contributed by atoms with Gasteiger partial charge in [-0.15, -0.1) is 0 Å². The average Bonchev–Trinajstić information content (AvgIpc) is 3.06. The van der Waals surface area contributed by atoms with Crippen LogP contribution in [0.2, 0.25) is 18.1 Å². The lowest BCUT2D eigenvalue weighted by molar-refractivity contribution is -0.143. The Hall–Kier alpha value is -0.413. The molecule has 0 aromatic heterocycles. The van der Waals surface area contributed by atoms with Gasteiger partial charge in [0.15, 0.2) is 8.32 Å². The molecular weight excluding hydrogens is 288 g/mol. The Kier molecular flexibility index (Phi) is 3.00. The van der Waals surface area contributed by atoms with Gasteiger partial charge >= 0.3 is 0 Å². The zero-order chi connectivity index (χ0) is 15.9. The number of fused-ring (bicyclic) bond motifs is 4. The van der Waals surface area contributed by atoms with Gasteiger partial charge in [-0.3, -0.25) is 4.79 Å². The number of allylic oxidation sites excluding steroid dienone is 2. The molecular formula is C19H30O2Si. The SMILES string of the molecule is CC(C)(C)[Si](C)(C)OC1C[C@@H]2C(=O)[C@H](C1)[C@H]1C=C[C@@H]2C12CC2. The number of hydrogen-bond acceptors (Lipinski definition) is 2. The Morgan fingerprint density at radius 1 is 1.09 bits per heavy atom. The van der Waals surface area contributed by atoms with Crippen molar-refractivity contribution in [1.82, 2.24) is 0 Å². The molecule has 4 aliphatic carbocycles. The molecule has 0 aliphatic heterocycles. The maximum absolute atomic E-state index is 12.8. The first kappa shape index (κ1) is 15.1. The number of ketones is 1. The van der Waals surface area contributed by atoms with Crippen LogP contribution in [0.5, 0.6) is 0 Å². The molecule has 122 valence electrons. The summed E-state index contributed by atoms with van der Waals surface area (Å²) in [6.45, 7) is 11.6. The molecule has 3 fully saturated rings. The van der Waals surface area contributed by atoms with E-state index in [1.807, 2.05) is 0 Å². The van der Waals surface area contributed by atoms with Gasteiger partial charge in [-0.25, -0.2) is 0 Å². The van der Waals surface area contributed by atoms with Crippen molar-refractivity contribution in [3.8, 4) is 0 Å². The van der Waals surface area contributed by atoms with Gasteiger partial charge in [0.05, 0.1) is 0 Å². The predicted octanol–water partition coefficient (Wildman–Crippen LogP) is 4.57. The summed E-state index contributed by atoms with van der Waals surface area (Å²) in [6, 6.07) is 0. The molecule has 5 atom stereocenters. The first-order valence-electron chi connectivity index (χ1n) is 9.06. The summed E-state index contributed by atoms with van der Waals surface area (Å²) in [5.74, 6) is 2.14. The van der Waals surface area contributed by atoms with Crippen molar-refractivity contribution < 1.29 is 9.22 Å². The Bertz CT molecular complexity index is 510. The maximum atomic E-state index is 12.8. The molecule has 0 amide bonds. The Morgan fingerprint density at radius 2 is 1.59 bits per heavy atom. The van der Waals surface area contributed by atoms with Gasteiger partial charge in [-0.05, 0) is 61.1 Å². The molecule has 0 radical (unpaired) electrons. The third-order valence-electron chi connectivity index (χ3n) is 7.58. The first-order valence-corrected chi connectivity index (χ1v) is 12.0. The monoisotopic (exact) mass is 318 g/mol. The number of rotatable bonds is 2. The van der Waals surface area contributed by atoms with Gasteiger partial charge in [-0.2, -0.15) is 0 Å². The van der Waals surface area contributed by atoms with E-state index in [1.54, 1.807) is 0 Å². The second kappa shape index (κ2) is 4.35. The van der Waals surface area contributed by atoms with Crippen molar-refractivity contribution in [3.63, 3.8) is 0 Å². The maximum Gasteiger partial charge on any atom is 0.192 e. The number of carbonyl (C=O) groups is 1. The van der Waals surface area contributed by atoms with Gasteiger partial charge < -0.3 is 4.43 Å². The summed E-state index contributed by atoms with van der Waals surface area (Å²) in [4.78, 5) is 12.8. The summed E-state index contributed by atoms with van der Waals surface area (Å²) in [6.07, 6.45) is 9.77. The summed E-state index contributed by atoms with van der Waals surface area (Å²) in [5.41, 5.74) is 0.505. The van der Waals surface area contributed by atoms with Crippen molar-refractivity contribution in [2.45, 2.75) is 70.7 Å². The highest BCUT2D eigenvalue weighted by Crippen LogP contribution is 2.70. The normalized spacial score (nSPS) is 42.0. The van der Waals surface area contributed by atoms with E-state index in [0.717, 1.165) is 12.8 Å². The fourth-order valence-electron chi connectivity index (χ4n) is 5.23. The van der Waals surface area contributed by atoms with Gasteiger partial charge in [-0.1, -0.05) is 32.9 Å². The smallest absolute Gasteiger partial charge is 0.192 e. The number of Topliss-reactive ketones (excluding diaryl/α,β-unsaturated/α-hetero) is 1. The third-order valence-corrected chi connectivity index (χ3v) is 12.1. The van der Waals surface area contributed by atoms with E-state index in [4.69, 9.17) is 4.43 Å². The third kappa shape index (κ3) is 1.91. The zero-order valence-corrected chi connectivity index (χ0v) is 15.7. The van der Waals surface area contributed by atoms with Crippen LogP contribution in [0.25, 0.3) is 0 Å². The standard InChI is InChI=1S/C19H30O2Si/c1-18(2,3)22(4,5)21-12-10-13-15-6-7-16(19(15)8-9-19)14(11-12)17(13)20/h6-7,12-16H,8-11H2,1-5H3/t12?,13-,14+,15-,16+. The Morgan fingerprint density at radius 3 is 2.00 bits per heavy atom. The fourth-order valence-corrected chi connectivity index (χ4v) is 6.61. The van der Waals surface area contributed by atoms with E-state index in [2.05, 4.69) is 46.0 Å². The Labute approximate surface area is 135 Å². The van der Waals surface area contributed by atoms with Crippen LogP contribution in [0, 0.1) is 29.1 Å². The average molecular weight is 319 g/mol. The molecule has 0 aromatic carbocycles. The van der Waals surface area contributed by atoms with E-state index in [1.165, 1.54) is 12.8 Å². The quantitative estimate of drug-likeness (QED) is 0.551. The lowest BCUT2D eigenvalue weighted by atomic mass is 9.57. The van der Waals surface area contributed by atoms with Gasteiger partial charge in [0.1, 0.15) is 5.78 Å². The van der Waals surface area contributed by atoms with E-state index in [0.29, 0.717) is 29.1 Å². The van der Waals surface area contributed by atoms with Crippen LogP contribution in [-0.4, -0.2) is 20.2 Å². The lowest BCUT2D eigenvalue weighted by Crippen LogP contribution is -2.53. The van der Waals surface area contributed by atoms with Crippen molar-refractivity contribution >= 4 is 14.1 Å².